The summed E-state index contributed by atoms with van der Waals surface area (Å²) in [6.07, 6.45) is 4.62. The van der Waals surface area contributed by atoms with Crippen LogP contribution in [0.5, 0.6) is 0 Å². The molecule has 0 amide bonds. The van der Waals surface area contributed by atoms with E-state index in [1.807, 2.05) is 12.1 Å². The number of hydrogen-bond acceptors (Lipinski definition) is 4. The maximum Gasteiger partial charge on any atom is 0.0850 e. The molecule has 0 bridgehead atoms. The van der Waals surface area contributed by atoms with Crippen molar-refractivity contribution in [2.24, 2.45) is 0 Å². The predicted molar refractivity (Wildman–Crippen MR) is 130 cm³/mol. The second kappa shape index (κ2) is 7.55. The topological polar surface area (TPSA) is 49.8 Å². The van der Waals surface area contributed by atoms with Gasteiger partial charge in [-0.2, -0.15) is 0 Å². The van der Waals surface area contributed by atoms with Crippen LogP contribution in [-0.4, -0.2) is 16.6 Å². The van der Waals surface area contributed by atoms with Crippen molar-refractivity contribution in [2.45, 2.75) is 25.7 Å². The molecule has 0 aliphatic heterocycles. The summed E-state index contributed by atoms with van der Waals surface area (Å²) in [5.41, 5.74) is 8.09. The third kappa shape index (κ3) is 3.15. The van der Waals surface area contributed by atoms with Crippen LogP contribution in [0.25, 0.3) is 32.7 Å². The van der Waals surface area contributed by atoms with E-state index in [0.29, 0.717) is 6.67 Å². The van der Waals surface area contributed by atoms with E-state index < -0.39 is 0 Å². The summed E-state index contributed by atoms with van der Waals surface area (Å²) in [5, 5.41) is 10.9. The molecule has 4 nitrogen and oxygen atoms in total. The quantitative estimate of drug-likeness (QED) is 0.273. The molecule has 5 aromatic rings. The van der Waals surface area contributed by atoms with Crippen LogP contribution in [0, 0.1) is 0 Å². The molecule has 2 heterocycles. The molecule has 1 aliphatic carbocycles. The van der Waals surface area contributed by atoms with Gasteiger partial charge in [0.1, 0.15) is 0 Å². The van der Waals surface area contributed by atoms with Gasteiger partial charge in [-0.15, -0.1) is 0 Å². The molecule has 31 heavy (non-hydrogen) atoms. The number of para-hydroxylation sites is 3. The Bertz CT molecular complexity index is 1370. The fraction of sp³-hybridized carbons (Fsp3) is 0.185. The lowest BCUT2D eigenvalue weighted by Gasteiger charge is -2.22. The van der Waals surface area contributed by atoms with Crippen LogP contribution in [0.15, 0.2) is 72.8 Å². The molecule has 2 aromatic heterocycles. The van der Waals surface area contributed by atoms with Crippen LogP contribution in [0.4, 0.5) is 11.4 Å². The lowest BCUT2D eigenvalue weighted by molar-refractivity contribution is 0.672. The smallest absolute Gasteiger partial charge is 0.0850 e. The molecular weight excluding hydrogens is 380 g/mol. The van der Waals surface area contributed by atoms with Crippen LogP contribution in [-0.2, 0) is 12.8 Å². The lowest BCUT2D eigenvalue weighted by atomic mass is 9.93. The van der Waals surface area contributed by atoms with Gasteiger partial charge < -0.3 is 10.6 Å². The Labute approximate surface area is 181 Å². The summed E-state index contributed by atoms with van der Waals surface area (Å²) in [7, 11) is 0. The zero-order valence-corrected chi connectivity index (χ0v) is 17.4. The molecule has 3 aromatic carbocycles. The van der Waals surface area contributed by atoms with Crippen LogP contribution < -0.4 is 10.6 Å². The zero-order chi connectivity index (χ0) is 20.6. The van der Waals surface area contributed by atoms with Crippen molar-refractivity contribution in [2.75, 3.05) is 17.3 Å². The second-order valence-corrected chi connectivity index (χ2v) is 8.19. The van der Waals surface area contributed by atoms with E-state index >= 15 is 0 Å². The summed E-state index contributed by atoms with van der Waals surface area (Å²) >= 11 is 0. The number of nitrogens with zero attached hydrogens (tertiary/aromatic N) is 2. The van der Waals surface area contributed by atoms with Crippen LogP contribution in [0.1, 0.15) is 24.1 Å². The number of rotatable bonds is 4. The Morgan fingerprint density at radius 2 is 1.10 bits per heavy atom. The number of aryl methyl sites for hydroxylation is 1. The summed E-state index contributed by atoms with van der Waals surface area (Å²) in [4.78, 5) is 9.79. The first-order valence-corrected chi connectivity index (χ1v) is 11.0. The highest BCUT2D eigenvalue weighted by Crippen LogP contribution is 2.34. The van der Waals surface area contributed by atoms with E-state index in [-0.39, 0.29) is 0 Å². The van der Waals surface area contributed by atoms with Gasteiger partial charge in [0.15, 0.2) is 0 Å². The fourth-order valence-electron chi connectivity index (χ4n) is 4.83. The third-order valence-corrected chi connectivity index (χ3v) is 6.29. The Hall–Kier alpha value is -3.66. The molecule has 0 spiro atoms. The van der Waals surface area contributed by atoms with Gasteiger partial charge in [-0.05, 0) is 49.4 Å². The second-order valence-electron chi connectivity index (χ2n) is 8.19. The number of nitrogens with one attached hydrogen (secondary N) is 2. The first-order chi connectivity index (χ1) is 15.4. The van der Waals surface area contributed by atoms with Gasteiger partial charge in [0, 0.05) is 27.5 Å². The normalized spacial score (nSPS) is 13.4. The largest absolute Gasteiger partial charge is 0.367 e. The van der Waals surface area contributed by atoms with Gasteiger partial charge in [-0.25, -0.2) is 4.98 Å². The molecule has 0 radical (unpaired) electrons. The van der Waals surface area contributed by atoms with Gasteiger partial charge in [0.05, 0.1) is 28.9 Å². The Balaban J connectivity index is 1.40. The molecule has 0 saturated heterocycles. The molecule has 6 rings (SSSR count). The Morgan fingerprint density at radius 1 is 0.581 bits per heavy atom. The van der Waals surface area contributed by atoms with E-state index in [9.17, 15) is 0 Å². The van der Waals surface area contributed by atoms with Crippen molar-refractivity contribution >= 4 is 44.1 Å². The monoisotopic (exact) mass is 404 g/mol. The molecule has 0 unspecified atom stereocenters. The van der Waals surface area contributed by atoms with Crippen molar-refractivity contribution in [1.29, 1.82) is 0 Å². The molecule has 0 saturated carbocycles. The summed E-state index contributed by atoms with van der Waals surface area (Å²) < 4.78 is 0. The maximum atomic E-state index is 4.96. The minimum atomic E-state index is 0.637. The molecular formula is C27H24N4. The van der Waals surface area contributed by atoms with Gasteiger partial charge in [0.2, 0.25) is 0 Å². The molecule has 2 N–H and O–H groups in total. The number of pyridine rings is 2. The molecule has 0 fully saturated rings. The summed E-state index contributed by atoms with van der Waals surface area (Å²) in [6.45, 7) is 0.637. The van der Waals surface area contributed by atoms with Gasteiger partial charge in [0.25, 0.3) is 0 Å². The third-order valence-electron chi connectivity index (χ3n) is 6.29. The van der Waals surface area contributed by atoms with Crippen molar-refractivity contribution < 1.29 is 0 Å². The van der Waals surface area contributed by atoms with E-state index in [1.165, 1.54) is 35.2 Å². The SMILES string of the molecule is c1ccc2c(NCNc3c4ccccc4nc4ccccc34)c3c(nc2c1)CCCC3. The van der Waals surface area contributed by atoms with E-state index in [1.54, 1.807) is 0 Å². The minimum Gasteiger partial charge on any atom is -0.367 e. The average Bonchev–Trinajstić information content (AvgIpc) is 2.83. The number of anilines is 2. The molecule has 1 aliphatic rings. The maximum absolute atomic E-state index is 4.96. The number of aromatic nitrogens is 2. The van der Waals surface area contributed by atoms with Gasteiger partial charge >= 0.3 is 0 Å². The Morgan fingerprint density at radius 3 is 1.77 bits per heavy atom. The molecule has 152 valence electrons. The lowest BCUT2D eigenvalue weighted by Crippen LogP contribution is -2.16. The molecule has 4 heteroatoms. The highest BCUT2D eigenvalue weighted by molar-refractivity contribution is 6.07. The van der Waals surface area contributed by atoms with Crippen molar-refractivity contribution in [3.8, 4) is 0 Å². The molecule has 0 atom stereocenters. The number of benzene rings is 3. The van der Waals surface area contributed by atoms with Crippen LogP contribution in [0.3, 0.4) is 0 Å². The summed E-state index contributed by atoms with van der Waals surface area (Å²) in [5.74, 6) is 0. The van der Waals surface area contributed by atoms with Crippen molar-refractivity contribution in [1.82, 2.24) is 9.97 Å². The Kier molecular flexibility index (Phi) is 4.42. The van der Waals surface area contributed by atoms with Crippen LogP contribution >= 0.6 is 0 Å². The van der Waals surface area contributed by atoms with E-state index in [2.05, 4.69) is 71.3 Å². The number of hydrogen-bond donors (Lipinski definition) is 2. The highest BCUT2D eigenvalue weighted by Gasteiger charge is 2.18. The predicted octanol–water partition coefficient (Wildman–Crippen LogP) is 6.30. The first-order valence-electron chi connectivity index (χ1n) is 11.0. The fourth-order valence-corrected chi connectivity index (χ4v) is 4.83. The number of fused-ring (bicyclic) bond motifs is 4. The van der Waals surface area contributed by atoms with Crippen molar-refractivity contribution in [3.63, 3.8) is 0 Å². The van der Waals surface area contributed by atoms with Crippen LogP contribution in [0.2, 0.25) is 0 Å². The highest BCUT2D eigenvalue weighted by atomic mass is 15.1. The van der Waals surface area contributed by atoms with E-state index in [4.69, 9.17) is 9.97 Å². The standard InChI is InChI=1S/C27H24N4/c1-5-13-22-18(9-1)26(19-10-2-6-14-23(19)30-22)28-17-29-27-20-11-3-7-15-24(20)31-25-16-8-4-12-21(25)27/h1-3,5-7,9-11,13-15H,4,8,12,16-17H2,(H,28,30)(H,29,31). The first kappa shape index (κ1) is 18.1. The average molecular weight is 405 g/mol. The van der Waals surface area contributed by atoms with Gasteiger partial charge in [-0.1, -0.05) is 54.6 Å². The summed E-state index contributed by atoms with van der Waals surface area (Å²) in [6, 6.07) is 25.1. The zero-order valence-electron chi connectivity index (χ0n) is 17.4. The van der Waals surface area contributed by atoms with E-state index in [0.717, 1.165) is 45.9 Å². The van der Waals surface area contributed by atoms with Crippen molar-refractivity contribution in [3.05, 3.63) is 84.1 Å². The van der Waals surface area contributed by atoms with Gasteiger partial charge in [-0.3, -0.25) is 4.98 Å². The minimum absolute atomic E-state index is 0.637.